The van der Waals surface area contributed by atoms with E-state index in [0.29, 0.717) is 0 Å². The van der Waals surface area contributed by atoms with Crippen molar-refractivity contribution < 1.29 is 33.8 Å². The molecule has 0 spiro atoms. The molecule has 0 aromatic carbocycles. The van der Waals surface area contributed by atoms with Gasteiger partial charge < -0.3 is 76.7 Å². The molecular weight excluding hydrogens is 387 g/mol. The van der Waals surface area contributed by atoms with Gasteiger partial charge in [-0.25, -0.2) is 0 Å². The van der Waals surface area contributed by atoms with E-state index in [-0.39, 0.29) is 30.8 Å². The molecule has 0 radical (unpaired) electrons. The molecule has 0 aliphatic rings. The second-order valence-electron chi connectivity index (χ2n) is 0.735. The molecule has 0 aliphatic heterocycles. The van der Waals surface area contributed by atoms with Crippen molar-refractivity contribution in [2.45, 2.75) is 0 Å². The van der Waals surface area contributed by atoms with E-state index in [1.807, 2.05) is 0 Å². The van der Waals surface area contributed by atoms with Crippen LogP contribution in [-0.4, -0.2) is 15.3 Å². The predicted octanol–water partition coefficient (Wildman–Crippen LogP) is 0.307. The molecule has 20 heavy (non-hydrogen) atoms. The molecule has 0 saturated carbocycles. The quantitative estimate of drug-likeness (QED) is 0.157. The first-order chi connectivity index (χ1) is 6.61. The minimum absolute atomic E-state index is 0. The van der Waals surface area contributed by atoms with Crippen LogP contribution in [0.3, 0.4) is 0 Å². The summed E-state index contributed by atoms with van der Waals surface area (Å²) in [5, 5.41) is 44.2. The molecule has 0 amide bonds. The summed E-state index contributed by atoms with van der Waals surface area (Å²) in [6, 6.07) is 0. The molecule has 19 nitrogen and oxygen atoms in total. The van der Waals surface area contributed by atoms with Crippen molar-refractivity contribution >= 4 is 0 Å². The van der Waals surface area contributed by atoms with Gasteiger partial charge in [0.15, 0.2) is 0 Å². The second kappa shape index (κ2) is 69.8. The van der Waals surface area contributed by atoms with Crippen molar-refractivity contribution in [1.29, 1.82) is 0 Å². The number of hydrogen-bond donors (Lipinski definition) is 5. The van der Waals surface area contributed by atoms with Gasteiger partial charge in [-0.15, -0.1) is 0 Å². The first-order valence-corrected chi connectivity index (χ1v) is 2.76. The van der Waals surface area contributed by atoms with Gasteiger partial charge in [0.1, 0.15) is 0 Å². The summed E-state index contributed by atoms with van der Waals surface area (Å²) >= 11 is 1.58. The van der Waals surface area contributed by atoms with Crippen LogP contribution in [0.1, 0.15) is 0 Å². The van der Waals surface area contributed by atoms with E-state index in [1.165, 1.54) is 0 Å². The minimum atomic E-state index is -1.75. The van der Waals surface area contributed by atoms with Gasteiger partial charge in [-0.1, -0.05) is 0 Å². The fourth-order valence-corrected chi connectivity index (χ4v) is 0. The average molecular weight is 402 g/mol. The topological polar surface area (TPSA) is 403 Å². The Kier molecular flexibility index (Phi) is 229. The van der Waals surface area contributed by atoms with Crippen molar-refractivity contribution in [2.24, 2.45) is 3.92 Å². The summed E-state index contributed by atoms with van der Waals surface area (Å²) in [6.45, 7) is 0. The molecule has 0 rings (SSSR count). The Bertz CT molecular complexity index is 155. The number of hydrogen-bond acceptors (Lipinski definition) is 16. The van der Waals surface area contributed by atoms with Crippen LogP contribution in [0.4, 0.5) is 0 Å². The van der Waals surface area contributed by atoms with E-state index in [1.54, 1.807) is 18.5 Å². The molecule has 0 aliphatic carbocycles. The molecular formula is H15N9O10Ru. The molecule has 0 heterocycles. The maximum atomic E-state index is 8.52. The van der Waals surface area contributed by atoms with Gasteiger partial charge in [-0.05, 0) is 0 Å². The zero-order valence-corrected chi connectivity index (χ0v) is 11.5. The van der Waals surface area contributed by atoms with Crippen LogP contribution >= 0.6 is 0 Å². The third-order valence-electron chi connectivity index (χ3n) is 0. The van der Waals surface area contributed by atoms with Gasteiger partial charge in [0, 0.05) is 0 Å². The van der Waals surface area contributed by atoms with Crippen molar-refractivity contribution in [3.63, 3.8) is 0 Å². The molecule has 0 aromatic rings. The van der Waals surface area contributed by atoms with E-state index in [9.17, 15) is 0 Å². The van der Waals surface area contributed by atoms with Crippen molar-refractivity contribution in [1.82, 2.24) is 30.8 Å². The third kappa shape index (κ3) is 591. The van der Waals surface area contributed by atoms with E-state index in [4.69, 9.17) is 50.9 Å². The second-order valence-corrected chi connectivity index (χ2v) is 1.05. The van der Waals surface area contributed by atoms with E-state index in [0.717, 1.165) is 0 Å². The Morgan fingerprint density at radius 2 is 0.600 bits per heavy atom. The first-order valence-electron chi connectivity index (χ1n) is 1.98. The van der Waals surface area contributed by atoms with Gasteiger partial charge in [0.2, 0.25) is 0 Å². The number of rotatable bonds is 0. The SMILES string of the molecule is N.N.N.N.N.O=[N+]([O-])[O-].O=[N+]([O-])[O-].O=[N+]([O-])[O-].O=[N][Ru+3]. The predicted molar refractivity (Wildman–Crippen MR) is 62.0 cm³/mol. The Morgan fingerprint density at radius 3 is 0.600 bits per heavy atom. The van der Waals surface area contributed by atoms with Crippen LogP contribution < -0.4 is 30.8 Å². The summed E-state index contributed by atoms with van der Waals surface area (Å²) in [5.74, 6) is 0. The number of nitroso groups, excluding NO2 is 1. The van der Waals surface area contributed by atoms with Crippen molar-refractivity contribution in [2.75, 3.05) is 0 Å². The molecule has 20 heteroatoms. The van der Waals surface area contributed by atoms with E-state index < -0.39 is 15.3 Å². The maximum absolute atomic E-state index is 8.52. The Hall–Kier alpha value is -2.38. The Morgan fingerprint density at radius 1 is 0.600 bits per heavy atom. The molecule has 0 fully saturated rings. The van der Waals surface area contributed by atoms with Crippen LogP contribution in [0.5, 0.6) is 0 Å². The average Bonchev–Trinajstić information content (AvgIpc) is 1.81. The van der Waals surface area contributed by atoms with Gasteiger partial charge in [0.25, 0.3) is 0 Å². The zero-order chi connectivity index (χ0) is 13.4. The van der Waals surface area contributed by atoms with Gasteiger partial charge >= 0.3 is 27.4 Å². The molecule has 15 N–H and O–H groups in total. The van der Waals surface area contributed by atoms with Gasteiger partial charge in [-0.2, -0.15) is 0 Å². The van der Waals surface area contributed by atoms with E-state index >= 15 is 0 Å². The fourth-order valence-electron chi connectivity index (χ4n) is 0. The van der Waals surface area contributed by atoms with E-state index in [2.05, 4.69) is 3.92 Å². The normalized spacial score (nSPS) is 4.20. The Balaban J connectivity index is -0.0000000107. The van der Waals surface area contributed by atoms with Gasteiger partial charge in [-0.3, -0.25) is 0 Å². The van der Waals surface area contributed by atoms with Crippen molar-refractivity contribution in [3.8, 4) is 0 Å². The standard InChI is InChI=1S/3NO3.NO.5H3N.Ru/c3*2-1(3)4;1-2;;;;;;/h;;;;5*1H3;/q4*-1;;;;;;+4. The Labute approximate surface area is 120 Å². The molecule has 0 aromatic heterocycles. The van der Waals surface area contributed by atoms with Gasteiger partial charge in [0.05, 0.1) is 15.3 Å². The monoisotopic (exact) mass is 403 g/mol. The van der Waals surface area contributed by atoms with Crippen LogP contribution in [0, 0.1) is 50.9 Å². The summed E-state index contributed by atoms with van der Waals surface area (Å²) in [6.07, 6.45) is 0. The van der Waals surface area contributed by atoms with Crippen LogP contribution in [0.15, 0.2) is 3.92 Å². The fraction of sp³-hybridized carbons (Fsp3) is 0. The number of nitrogens with zero attached hydrogens (tertiary/aromatic N) is 4. The molecule has 128 valence electrons. The summed E-state index contributed by atoms with van der Waals surface area (Å²) in [7, 11) is 0. The van der Waals surface area contributed by atoms with Crippen molar-refractivity contribution in [3.05, 3.63) is 50.9 Å². The van der Waals surface area contributed by atoms with Crippen LogP contribution in [0.2, 0.25) is 0 Å². The first kappa shape index (κ1) is 65.5. The third-order valence-corrected chi connectivity index (χ3v) is 0. The summed E-state index contributed by atoms with van der Waals surface area (Å²) < 4.78 is 2.18. The molecule has 0 unspecified atom stereocenters. The zero-order valence-electron chi connectivity index (χ0n) is 9.76. The summed E-state index contributed by atoms with van der Waals surface area (Å²) in [4.78, 5) is 33.3. The molecule has 0 atom stereocenters. The van der Waals surface area contributed by atoms with Crippen LogP contribution in [-0.2, 0) is 18.5 Å². The molecule has 0 saturated heterocycles. The summed E-state index contributed by atoms with van der Waals surface area (Å²) in [5.41, 5.74) is 0. The molecule has 0 bridgehead atoms. The van der Waals surface area contributed by atoms with Crippen LogP contribution in [0.25, 0.3) is 0 Å².